The highest BCUT2D eigenvalue weighted by atomic mass is 16.1. The lowest BCUT2D eigenvalue weighted by Crippen LogP contribution is -2.13. The minimum atomic E-state index is -0.130. The van der Waals surface area contributed by atoms with Crippen LogP contribution in [-0.2, 0) is 6.42 Å². The van der Waals surface area contributed by atoms with E-state index in [1.165, 1.54) is 0 Å². The van der Waals surface area contributed by atoms with Crippen molar-refractivity contribution in [2.24, 2.45) is 0 Å². The van der Waals surface area contributed by atoms with E-state index < -0.39 is 0 Å². The number of nitrogens with zero attached hydrogens (tertiary/aromatic N) is 4. The second kappa shape index (κ2) is 9.91. The van der Waals surface area contributed by atoms with Crippen LogP contribution in [0.15, 0.2) is 110 Å². The van der Waals surface area contributed by atoms with Crippen LogP contribution >= 0.6 is 0 Å². The van der Waals surface area contributed by atoms with Gasteiger partial charge in [0.2, 0.25) is 5.95 Å². The van der Waals surface area contributed by atoms with Gasteiger partial charge in [-0.25, -0.2) is 9.97 Å². The van der Waals surface area contributed by atoms with Crippen LogP contribution in [0.5, 0.6) is 0 Å². The maximum atomic E-state index is 13.0. The van der Waals surface area contributed by atoms with Gasteiger partial charge in [0.25, 0.3) is 5.91 Å². The Labute approximate surface area is 213 Å². The molecule has 6 rings (SSSR count). The molecule has 0 spiro atoms. The Morgan fingerprint density at radius 3 is 2.65 bits per heavy atom. The Morgan fingerprint density at radius 2 is 1.68 bits per heavy atom. The molecule has 6 aromatic rings. The van der Waals surface area contributed by atoms with Crippen LogP contribution in [0, 0.1) is 0 Å². The van der Waals surface area contributed by atoms with Gasteiger partial charge >= 0.3 is 0 Å². The number of hydrogen-bond acceptors (Lipinski definition) is 5. The predicted molar refractivity (Wildman–Crippen MR) is 147 cm³/mol. The van der Waals surface area contributed by atoms with Gasteiger partial charge in [0, 0.05) is 29.4 Å². The number of amides is 1. The van der Waals surface area contributed by atoms with Gasteiger partial charge in [-0.05, 0) is 53.8 Å². The molecular formula is C30H24N6O. The van der Waals surface area contributed by atoms with E-state index in [1.807, 2.05) is 102 Å². The molecule has 7 heteroatoms. The van der Waals surface area contributed by atoms with E-state index in [9.17, 15) is 4.79 Å². The first kappa shape index (κ1) is 22.4. The van der Waals surface area contributed by atoms with Gasteiger partial charge in [0.1, 0.15) is 12.1 Å². The van der Waals surface area contributed by atoms with Crippen molar-refractivity contribution in [3.05, 3.63) is 121 Å². The van der Waals surface area contributed by atoms with Crippen LogP contribution in [0.3, 0.4) is 0 Å². The van der Waals surface area contributed by atoms with Crippen molar-refractivity contribution in [1.82, 2.24) is 19.5 Å². The van der Waals surface area contributed by atoms with E-state index >= 15 is 0 Å². The average Bonchev–Trinajstić information content (AvgIpc) is 3.38. The third kappa shape index (κ3) is 4.75. The molecule has 1 amide bonds. The number of benzene rings is 4. The van der Waals surface area contributed by atoms with Gasteiger partial charge in [0.05, 0.1) is 11.0 Å². The number of hydrogen-bond donors (Lipinski definition) is 2. The first-order chi connectivity index (χ1) is 18.2. The topological polar surface area (TPSA) is 84.7 Å². The fourth-order valence-corrected chi connectivity index (χ4v) is 4.43. The largest absolute Gasteiger partial charge is 0.354 e. The van der Waals surface area contributed by atoms with Crippen molar-refractivity contribution in [3.63, 3.8) is 0 Å². The van der Waals surface area contributed by atoms with Crippen molar-refractivity contribution in [1.29, 1.82) is 0 Å². The van der Waals surface area contributed by atoms with Crippen LogP contribution < -0.4 is 10.6 Å². The summed E-state index contributed by atoms with van der Waals surface area (Å²) in [5.41, 5.74) is 4.38. The monoisotopic (exact) mass is 484 g/mol. The summed E-state index contributed by atoms with van der Waals surface area (Å²) in [6, 6.07) is 31.4. The Bertz CT molecular complexity index is 1720. The lowest BCUT2D eigenvalue weighted by atomic mass is 10.1. The van der Waals surface area contributed by atoms with Crippen LogP contribution in [0.25, 0.3) is 27.6 Å². The third-order valence-corrected chi connectivity index (χ3v) is 6.27. The molecule has 0 unspecified atom stereocenters. The van der Waals surface area contributed by atoms with Gasteiger partial charge in [-0.3, -0.25) is 9.36 Å². The molecule has 37 heavy (non-hydrogen) atoms. The molecule has 180 valence electrons. The quantitative estimate of drug-likeness (QED) is 0.296. The van der Waals surface area contributed by atoms with Gasteiger partial charge in [-0.2, -0.15) is 4.98 Å². The number of imidazole rings is 1. The van der Waals surface area contributed by atoms with Crippen LogP contribution in [0.2, 0.25) is 0 Å². The number of fused-ring (bicyclic) bond motifs is 2. The third-order valence-electron chi connectivity index (χ3n) is 6.27. The summed E-state index contributed by atoms with van der Waals surface area (Å²) in [5, 5.41) is 8.46. The molecule has 0 radical (unpaired) electrons. The summed E-state index contributed by atoms with van der Waals surface area (Å²) in [4.78, 5) is 26.4. The predicted octanol–water partition coefficient (Wildman–Crippen LogP) is 5.88. The van der Waals surface area contributed by atoms with Gasteiger partial charge in [-0.15, -0.1) is 0 Å². The van der Waals surface area contributed by atoms with E-state index in [2.05, 4.69) is 25.6 Å². The molecule has 2 aromatic heterocycles. The zero-order chi connectivity index (χ0) is 25.0. The van der Waals surface area contributed by atoms with Crippen LogP contribution in [0.1, 0.15) is 15.9 Å². The number of carbonyl (C=O) groups is 1. The fourth-order valence-electron chi connectivity index (χ4n) is 4.43. The molecule has 0 saturated heterocycles. The Kier molecular flexibility index (Phi) is 6.01. The molecule has 0 aliphatic rings. The van der Waals surface area contributed by atoms with E-state index in [0.29, 0.717) is 18.1 Å². The molecule has 0 atom stereocenters. The van der Waals surface area contributed by atoms with Crippen molar-refractivity contribution in [2.75, 3.05) is 17.2 Å². The van der Waals surface area contributed by atoms with Gasteiger partial charge < -0.3 is 10.6 Å². The van der Waals surface area contributed by atoms with E-state index in [-0.39, 0.29) is 5.91 Å². The Balaban J connectivity index is 1.12. The lowest BCUT2D eigenvalue weighted by molar-refractivity contribution is 0.102. The van der Waals surface area contributed by atoms with Crippen molar-refractivity contribution >= 4 is 39.3 Å². The van der Waals surface area contributed by atoms with Gasteiger partial charge in [-0.1, -0.05) is 60.7 Å². The molecule has 0 aliphatic heterocycles. The Hall–Kier alpha value is -5.04. The molecule has 0 bridgehead atoms. The number of aromatic nitrogens is 4. The number of rotatable bonds is 7. The minimum Gasteiger partial charge on any atom is -0.354 e. The zero-order valence-electron chi connectivity index (χ0n) is 20.0. The van der Waals surface area contributed by atoms with Crippen LogP contribution in [-0.4, -0.2) is 32.0 Å². The summed E-state index contributed by atoms with van der Waals surface area (Å²) in [6.07, 6.45) is 4.22. The van der Waals surface area contributed by atoms with Crippen LogP contribution in [0.4, 0.5) is 11.6 Å². The molecule has 7 nitrogen and oxygen atoms in total. The number of anilines is 2. The molecule has 0 aliphatic carbocycles. The summed E-state index contributed by atoms with van der Waals surface area (Å²) in [6.45, 7) is 0.628. The maximum absolute atomic E-state index is 13.0. The average molecular weight is 485 g/mol. The first-order valence-corrected chi connectivity index (χ1v) is 12.1. The minimum absolute atomic E-state index is 0.130. The van der Waals surface area contributed by atoms with E-state index in [1.54, 1.807) is 12.5 Å². The fraction of sp³-hybridized carbons (Fsp3) is 0.0667. The highest BCUT2D eigenvalue weighted by Crippen LogP contribution is 2.24. The number of carbonyl (C=O) groups excluding carboxylic acids is 1. The SMILES string of the molecule is O=C(Nc1cccc2ccccc12)c1cccc(CCNc2nccc(-n3cnc4ccccc43)n2)c1. The molecule has 0 fully saturated rings. The lowest BCUT2D eigenvalue weighted by Gasteiger charge is -2.10. The summed E-state index contributed by atoms with van der Waals surface area (Å²) in [7, 11) is 0. The number of para-hydroxylation sites is 2. The van der Waals surface area contributed by atoms with Crippen molar-refractivity contribution in [2.45, 2.75) is 6.42 Å². The smallest absolute Gasteiger partial charge is 0.255 e. The highest BCUT2D eigenvalue weighted by molar-refractivity contribution is 6.09. The van der Waals surface area contributed by atoms with E-state index in [0.717, 1.165) is 45.3 Å². The van der Waals surface area contributed by atoms with Crippen molar-refractivity contribution < 1.29 is 4.79 Å². The molecular weight excluding hydrogens is 460 g/mol. The van der Waals surface area contributed by atoms with Gasteiger partial charge in [0.15, 0.2) is 0 Å². The summed E-state index contributed by atoms with van der Waals surface area (Å²) < 4.78 is 1.94. The zero-order valence-corrected chi connectivity index (χ0v) is 20.0. The first-order valence-electron chi connectivity index (χ1n) is 12.1. The second-order valence-corrected chi connectivity index (χ2v) is 8.70. The summed E-state index contributed by atoms with van der Waals surface area (Å²) >= 11 is 0. The summed E-state index contributed by atoms with van der Waals surface area (Å²) in [5.74, 6) is 1.16. The normalized spacial score (nSPS) is 11.0. The molecule has 0 saturated carbocycles. The highest BCUT2D eigenvalue weighted by Gasteiger charge is 2.10. The number of nitrogens with one attached hydrogen (secondary N) is 2. The standard InChI is InChI=1S/C30H24N6O/c37-29(34-25-13-6-9-22-8-1-2-11-24(22)25)23-10-5-7-21(19-23)15-17-31-30-32-18-16-28(35-30)36-20-33-26-12-3-4-14-27(26)36/h1-14,16,18-20H,15,17H2,(H,34,37)(H,31,32,35). The molecule has 2 N–H and O–H groups in total. The van der Waals surface area contributed by atoms with E-state index in [4.69, 9.17) is 0 Å². The Morgan fingerprint density at radius 1 is 0.838 bits per heavy atom. The second-order valence-electron chi connectivity index (χ2n) is 8.70. The van der Waals surface area contributed by atoms with Crippen molar-refractivity contribution in [3.8, 4) is 5.82 Å². The molecule has 4 aromatic carbocycles. The molecule has 2 heterocycles. The maximum Gasteiger partial charge on any atom is 0.255 e.